The number of benzene rings is 1. The quantitative estimate of drug-likeness (QED) is 0.853. The molecule has 1 aromatic rings. The lowest BCUT2D eigenvalue weighted by atomic mass is 9.80. The summed E-state index contributed by atoms with van der Waals surface area (Å²) in [7, 11) is 0. The summed E-state index contributed by atoms with van der Waals surface area (Å²) >= 11 is 3.23. The molecule has 1 aliphatic carbocycles. The van der Waals surface area contributed by atoms with Gasteiger partial charge in [-0.1, -0.05) is 22.0 Å². The fraction of sp³-hybridized carbons (Fsp3) is 0.364. The number of hydrogen-bond acceptors (Lipinski definition) is 1. The van der Waals surface area contributed by atoms with Crippen molar-refractivity contribution in [2.24, 2.45) is 0 Å². The highest BCUT2D eigenvalue weighted by Gasteiger charge is 2.44. The molecule has 0 saturated carbocycles. The summed E-state index contributed by atoms with van der Waals surface area (Å²) in [6.07, 6.45) is 1.39. The average molecular weight is 273 g/mol. The van der Waals surface area contributed by atoms with Crippen LogP contribution in [0.3, 0.4) is 0 Å². The van der Waals surface area contributed by atoms with Crippen molar-refractivity contribution in [1.29, 1.82) is 0 Å². The molecule has 15 heavy (non-hydrogen) atoms. The van der Waals surface area contributed by atoms with Gasteiger partial charge < -0.3 is 5.11 Å². The Balaban J connectivity index is 2.59. The zero-order chi connectivity index (χ0) is 11.1. The minimum Gasteiger partial charge on any atom is -0.479 e. The Labute approximate surface area is 95.2 Å². The molecule has 0 heterocycles. The number of carboxylic acids is 1. The van der Waals surface area contributed by atoms with Gasteiger partial charge in [0.2, 0.25) is 5.67 Å². The molecule has 2 nitrogen and oxygen atoms in total. The molecule has 0 radical (unpaired) electrons. The van der Waals surface area contributed by atoms with Crippen LogP contribution >= 0.6 is 15.9 Å². The van der Waals surface area contributed by atoms with Crippen LogP contribution in [-0.4, -0.2) is 11.1 Å². The van der Waals surface area contributed by atoms with Crippen molar-refractivity contribution in [2.45, 2.75) is 24.9 Å². The highest BCUT2D eigenvalue weighted by atomic mass is 79.9. The second-order valence-electron chi connectivity index (χ2n) is 3.76. The number of alkyl halides is 1. The number of halogens is 2. The summed E-state index contributed by atoms with van der Waals surface area (Å²) in [6, 6.07) is 5.17. The van der Waals surface area contributed by atoms with Crippen molar-refractivity contribution < 1.29 is 14.3 Å². The zero-order valence-corrected chi connectivity index (χ0v) is 9.55. The molecule has 1 unspecified atom stereocenters. The van der Waals surface area contributed by atoms with E-state index in [1.807, 2.05) is 6.07 Å². The standard InChI is InChI=1S/C11H10BrFO2/c12-8-4-3-7-2-1-5-11(13,10(14)15)9(7)6-8/h3-4,6H,1-2,5H2,(H,14,15). The van der Waals surface area contributed by atoms with E-state index < -0.39 is 11.6 Å². The molecule has 0 bridgehead atoms. The lowest BCUT2D eigenvalue weighted by Crippen LogP contribution is -2.34. The summed E-state index contributed by atoms with van der Waals surface area (Å²) in [6.45, 7) is 0. The van der Waals surface area contributed by atoms with Crippen LogP contribution in [0.1, 0.15) is 24.0 Å². The van der Waals surface area contributed by atoms with Gasteiger partial charge >= 0.3 is 5.97 Å². The minimum atomic E-state index is -2.21. The number of rotatable bonds is 1. The lowest BCUT2D eigenvalue weighted by Gasteiger charge is -2.28. The normalized spacial score (nSPS) is 24.7. The van der Waals surface area contributed by atoms with E-state index in [9.17, 15) is 9.18 Å². The Morgan fingerprint density at radius 1 is 1.53 bits per heavy atom. The molecule has 0 saturated heterocycles. The first-order chi connectivity index (χ1) is 7.04. The highest BCUT2D eigenvalue weighted by Crippen LogP contribution is 2.40. The van der Waals surface area contributed by atoms with Crippen molar-refractivity contribution in [3.63, 3.8) is 0 Å². The highest BCUT2D eigenvalue weighted by molar-refractivity contribution is 9.10. The van der Waals surface area contributed by atoms with E-state index in [1.165, 1.54) is 0 Å². The number of aliphatic carboxylic acids is 1. The van der Waals surface area contributed by atoms with Crippen molar-refractivity contribution >= 4 is 21.9 Å². The third kappa shape index (κ3) is 1.67. The first kappa shape index (κ1) is 10.6. The van der Waals surface area contributed by atoms with Crippen molar-refractivity contribution in [3.8, 4) is 0 Å². The van der Waals surface area contributed by atoms with Gasteiger partial charge in [0.15, 0.2) is 0 Å². The van der Waals surface area contributed by atoms with Gasteiger partial charge in [0, 0.05) is 10.0 Å². The largest absolute Gasteiger partial charge is 0.479 e. The molecular formula is C11H10BrFO2. The number of carbonyl (C=O) groups is 1. The van der Waals surface area contributed by atoms with Gasteiger partial charge in [0.25, 0.3) is 0 Å². The van der Waals surface area contributed by atoms with E-state index >= 15 is 0 Å². The number of aryl methyl sites for hydroxylation is 1. The van der Waals surface area contributed by atoms with E-state index in [1.54, 1.807) is 12.1 Å². The molecule has 2 rings (SSSR count). The molecular weight excluding hydrogens is 263 g/mol. The van der Waals surface area contributed by atoms with Crippen LogP contribution in [0.15, 0.2) is 22.7 Å². The average Bonchev–Trinajstić information content (AvgIpc) is 2.19. The van der Waals surface area contributed by atoms with Gasteiger partial charge in [-0.15, -0.1) is 0 Å². The molecule has 1 aliphatic rings. The topological polar surface area (TPSA) is 37.3 Å². The number of fused-ring (bicyclic) bond motifs is 1. The summed E-state index contributed by atoms with van der Waals surface area (Å²) in [5.41, 5.74) is -1.11. The van der Waals surface area contributed by atoms with Gasteiger partial charge in [-0.3, -0.25) is 0 Å². The maximum Gasteiger partial charge on any atom is 0.346 e. The van der Waals surface area contributed by atoms with Crippen LogP contribution in [0.2, 0.25) is 0 Å². The minimum absolute atomic E-state index is 0.0613. The Morgan fingerprint density at radius 2 is 2.27 bits per heavy atom. The Bertz CT molecular complexity index is 419. The Morgan fingerprint density at radius 3 is 2.93 bits per heavy atom. The van der Waals surface area contributed by atoms with Crippen LogP contribution in [0.4, 0.5) is 4.39 Å². The van der Waals surface area contributed by atoms with Crippen LogP contribution in [0.25, 0.3) is 0 Å². The fourth-order valence-corrected chi connectivity index (χ4v) is 2.38. The van der Waals surface area contributed by atoms with Crippen LogP contribution < -0.4 is 0 Å². The molecule has 0 spiro atoms. The predicted octanol–water partition coefficient (Wildman–Crippen LogP) is 3.03. The SMILES string of the molecule is O=C(O)C1(F)CCCc2ccc(Br)cc21. The van der Waals surface area contributed by atoms with Crippen molar-refractivity contribution in [3.05, 3.63) is 33.8 Å². The maximum atomic E-state index is 14.2. The molecule has 4 heteroatoms. The van der Waals surface area contributed by atoms with Crippen molar-refractivity contribution in [1.82, 2.24) is 0 Å². The van der Waals surface area contributed by atoms with Gasteiger partial charge in [0.05, 0.1) is 0 Å². The Kier molecular flexibility index (Phi) is 2.54. The lowest BCUT2D eigenvalue weighted by molar-refractivity contribution is -0.152. The van der Waals surface area contributed by atoms with Crippen molar-refractivity contribution in [2.75, 3.05) is 0 Å². The molecule has 1 atom stereocenters. The smallest absolute Gasteiger partial charge is 0.346 e. The van der Waals surface area contributed by atoms with Crippen LogP contribution in [0.5, 0.6) is 0 Å². The van der Waals surface area contributed by atoms with Crippen LogP contribution in [0, 0.1) is 0 Å². The van der Waals surface area contributed by atoms with E-state index in [4.69, 9.17) is 5.11 Å². The zero-order valence-electron chi connectivity index (χ0n) is 7.96. The number of carboxylic acid groups (broad SMARTS) is 1. The maximum absolute atomic E-state index is 14.2. The number of hydrogen-bond donors (Lipinski definition) is 1. The third-order valence-corrected chi connectivity index (χ3v) is 3.30. The molecule has 1 aromatic carbocycles. The first-order valence-corrected chi connectivity index (χ1v) is 5.54. The van der Waals surface area contributed by atoms with Gasteiger partial charge in [-0.05, 0) is 37.0 Å². The van der Waals surface area contributed by atoms with Gasteiger partial charge in [-0.25, -0.2) is 9.18 Å². The van der Waals surface area contributed by atoms with Gasteiger partial charge in [-0.2, -0.15) is 0 Å². The molecule has 80 valence electrons. The monoisotopic (exact) mass is 272 g/mol. The Hall–Kier alpha value is -0.900. The summed E-state index contributed by atoms with van der Waals surface area (Å²) in [4.78, 5) is 11.0. The third-order valence-electron chi connectivity index (χ3n) is 2.81. The summed E-state index contributed by atoms with van der Waals surface area (Å²) in [5, 5.41) is 8.94. The van der Waals surface area contributed by atoms with Gasteiger partial charge in [0.1, 0.15) is 0 Å². The first-order valence-electron chi connectivity index (χ1n) is 4.75. The molecule has 0 aromatic heterocycles. The second-order valence-corrected chi connectivity index (χ2v) is 4.68. The summed E-state index contributed by atoms with van der Waals surface area (Å²) < 4.78 is 15.0. The predicted molar refractivity (Wildman–Crippen MR) is 57.5 cm³/mol. The summed E-state index contributed by atoms with van der Waals surface area (Å²) in [5.74, 6) is -1.39. The molecule has 0 aliphatic heterocycles. The molecule has 0 amide bonds. The van der Waals surface area contributed by atoms with E-state index in [0.29, 0.717) is 16.5 Å². The van der Waals surface area contributed by atoms with E-state index in [0.717, 1.165) is 12.0 Å². The van der Waals surface area contributed by atoms with E-state index in [-0.39, 0.29) is 6.42 Å². The van der Waals surface area contributed by atoms with Crippen LogP contribution in [-0.2, 0) is 16.9 Å². The molecule has 0 fully saturated rings. The van der Waals surface area contributed by atoms with E-state index in [2.05, 4.69) is 15.9 Å². The fourth-order valence-electron chi connectivity index (χ4n) is 2.01. The second kappa shape index (κ2) is 3.59. The molecule has 1 N–H and O–H groups in total.